The van der Waals surface area contributed by atoms with Crippen LogP contribution in [0.3, 0.4) is 0 Å². The molecule has 3 fully saturated rings. The van der Waals surface area contributed by atoms with E-state index in [9.17, 15) is 9.59 Å². The van der Waals surface area contributed by atoms with Crippen molar-refractivity contribution in [3.63, 3.8) is 0 Å². The normalized spacial score (nSPS) is 39.8. The highest BCUT2D eigenvalue weighted by molar-refractivity contribution is 6.21. The van der Waals surface area contributed by atoms with E-state index >= 15 is 0 Å². The zero-order valence-corrected chi connectivity index (χ0v) is 16.2. The van der Waals surface area contributed by atoms with Crippen molar-refractivity contribution in [1.29, 1.82) is 0 Å². The molecule has 10 heteroatoms. The number of hydrogen-bond donors (Lipinski definition) is 4. The zero-order chi connectivity index (χ0) is 15.7. The Kier molecular flexibility index (Phi) is 8.87. The molecule has 3 rings (SSSR count). The lowest BCUT2D eigenvalue weighted by molar-refractivity contribution is -0.138. The zero-order valence-electron chi connectivity index (χ0n) is 13.1. The molecule has 3 aliphatic rings. The van der Waals surface area contributed by atoms with E-state index in [2.05, 4.69) is 21.3 Å². The van der Waals surface area contributed by atoms with E-state index in [1.165, 1.54) is 0 Å². The van der Waals surface area contributed by atoms with Crippen LogP contribution >= 0.6 is 48.0 Å². The van der Waals surface area contributed by atoms with E-state index in [0.717, 1.165) is 25.7 Å². The predicted molar refractivity (Wildman–Crippen MR) is 99.7 cm³/mol. The summed E-state index contributed by atoms with van der Waals surface area (Å²) in [4.78, 5) is 24.8. The number of hydrogen-bond acceptors (Lipinski definition) is 4. The van der Waals surface area contributed by atoms with E-state index in [1.807, 2.05) is 0 Å². The van der Waals surface area contributed by atoms with Crippen LogP contribution in [-0.4, -0.2) is 59.8 Å². The van der Waals surface area contributed by atoms with Gasteiger partial charge in [-0.3, -0.25) is 9.59 Å². The highest BCUT2D eigenvalue weighted by Crippen LogP contribution is 2.20. The molecule has 4 N–H and O–H groups in total. The molecule has 0 aromatic rings. The summed E-state index contributed by atoms with van der Waals surface area (Å²) < 4.78 is 0. The summed E-state index contributed by atoms with van der Waals surface area (Å²) in [6.45, 7) is 1.33. The Morgan fingerprint density at radius 2 is 1.08 bits per heavy atom. The van der Waals surface area contributed by atoms with E-state index in [0.29, 0.717) is 13.1 Å². The molecule has 0 aliphatic carbocycles. The first-order valence-electron chi connectivity index (χ1n) is 7.90. The van der Waals surface area contributed by atoms with Crippen LogP contribution in [0.5, 0.6) is 0 Å². The number of halogens is 4. The van der Waals surface area contributed by atoms with Crippen LogP contribution in [0.4, 0.5) is 0 Å². The number of carbonyl (C=O) groups excluding carboxylic acids is 2. The minimum Gasteiger partial charge on any atom is -0.341 e. The fourth-order valence-corrected chi connectivity index (χ4v) is 3.87. The molecule has 0 spiro atoms. The Bertz CT molecular complexity index is 400. The largest absolute Gasteiger partial charge is 0.341 e. The van der Waals surface area contributed by atoms with Gasteiger partial charge in [-0.2, -0.15) is 0 Å². The summed E-state index contributed by atoms with van der Waals surface area (Å²) in [5.74, 6) is -0.241. The number of alkyl halides is 2. The monoisotopic (exact) mass is 420 g/mol. The SMILES string of the molecule is Cl.Cl.O=C1N[C@@H]([C@@H]2CC[C@@H](Cl)CN2)C(=O)N[C@H]1[C@@H]1CC[C@@H](Cl)CN1. The number of amides is 2. The van der Waals surface area contributed by atoms with Gasteiger partial charge in [-0.1, -0.05) is 0 Å². The van der Waals surface area contributed by atoms with Crippen molar-refractivity contribution in [2.24, 2.45) is 0 Å². The van der Waals surface area contributed by atoms with Crippen LogP contribution in [0.25, 0.3) is 0 Å². The Hall–Kier alpha value is 0.0200. The molecule has 24 heavy (non-hydrogen) atoms. The van der Waals surface area contributed by atoms with Crippen molar-refractivity contribution in [3.8, 4) is 0 Å². The van der Waals surface area contributed by atoms with Crippen LogP contribution < -0.4 is 21.3 Å². The maximum Gasteiger partial charge on any atom is 0.244 e. The third-order valence-electron chi connectivity index (χ3n) is 4.75. The molecule has 0 aromatic heterocycles. The molecule has 140 valence electrons. The molecule has 0 bridgehead atoms. The summed E-state index contributed by atoms with van der Waals surface area (Å²) in [5.41, 5.74) is 0. The number of carbonyl (C=O) groups is 2. The smallest absolute Gasteiger partial charge is 0.244 e. The molecule has 6 atom stereocenters. The third-order valence-corrected chi connectivity index (χ3v) is 5.50. The van der Waals surface area contributed by atoms with Crippen LogP contribution in [0.2, 0.25) is 0 Å². The topological polar surface area (TPSA) is 82.3 Å². The molecule has 0 saturated carbocycles. The van der Waals surface area contributed by atoms with Crippen molar-refractivity contribution in [1.82, 2.24) is 21.3 Å². The average molecular weight is 422 g/mol. The Labute approximate surface area is 164 Å². The van der Waals surface area contributed by atoms with Crippen LogP contribution in [0, 0.1) is 0 Å². The molecule has 6 nitrogen and oxygen atoms in total. The number of piperazine rings is 1. The molecular formula is C14H24Cl4N4O2. The van der Waals surface area contributed by atoms with Gasteiger partial charge >= 0.3 is 0 Å². The molecule has 2 amide bonds. The maximum atomic E-state index is 12.4. The summed E-state index contributed by atoms with van der Waals surface area (Å²) in [6.07, 6.45) is 3.27. The first-order valence-corrected chi connectivity index (χ1v) is 8.77. The van der Waals surface area contributed by atoms with Crippen LogP contribution in [0.1, 0.15) is 25.7 Å². The number of nitrogens with one attached hydrogen (secondary N) is 4. The van der Waals surface area contributed by atoms with Crippen LogP contribution in [0.15, 0.2) is 0 Å². The highest BCUT2D eigenvalue weighted by Gasteiger charge is 2.42. The Balaban J connectivity index is 0.00000144. The van der Waals surface area contributed by atoms with Gasteiger partial charge in [0, 0.05) is 35.9 Å². The fourth-order valence-electron chi connectivity index (χ4n) is 3.44. The van der Waals surface area contributed by atoms with Crippen molar-refractivity contribution in [2.75, 3.05) is 13.1 Å². The maximum absolute atomic E-state index is 12.4. The molecule has 0 unspecified atom stereocenters. The quantitative estimate of drug-likeness (QED) is 0.490. The second-order valence-corrected chi connectivity index (χ2v) is 7.59. The second-order valence-electron chi connectivity index (χ2n) is 6.35. The minimum atomic E-state index is -0.516. The van der Waals surface area contributed by atoms with E-state index in [1.54, 1.807) is 0 Å². The fraction of sp³-hybridized carbons (Fsp3) is 0.857. The average Bonchev–Trinajstić information content (AvgIpc) is 2.51. The molecular weight excluding hydrogens is 398 g/mol. The standard InChI is InChI=1S/C14H22Cl2N4O2.2ClH/c15-7-1-3-9(17-5-7)11-13(21)20-12(14(22)19-11)10-4-2-8(16)6-18-10;;/h7-12,17-18H,1-6H2,(H,19,22)(H,20,21);2*1H/t7-,8-,9+,10+,11+,12+;;/m1../s1. The lowest BCUT2D eigenvalue weighted by atomic mass is 9.91. The molecule has 0 radical (unpaired) electrons. The number of piperidine rings is 2. The van der Waals surface area contributed by atoms with Gasteiger partial charge in [-0.15, -0.1) is 48.0 Å². The first kappa shape index (κ1) is 22.1. The molecule has 3 saturated heterocycles. The molecule has 0 aromatic carbocycles. The summed E-state index contributed by atoms with van der Waals surface area (Å²) >= 11 is 12.1. The van der Waals surface area contributed by atoms with Gasteiger partial charge in [0.25, 0.3) is 0 Å². The van der Waals surface area contributed by atoms with Crippen molar-refractivity contribution >= 4 is 59.8 Å². The predicted octanol–water partition coefficient (Wildman–Crippen LogP) is 0.532. The van der Waals surface area contributed by atoms with Gasteiger partial charge in [-0.05, 0) is 25.7 Å². The molecule has 3 heterocycles. The number of rotatable bonds is 2. The van der Waals surface area contributed by atoms with Gasteiger partial charge in [-0.25, -0.2) is 0 Å². The lowest BCUT2D eigenvalue weighted by Gasteiger charge is -2.40. The van der Waals surface area contributed by atoms with Crippen LogP contribution in [-0.2, 0) is 9.59 Å². The van der Waals surface area contributed by atoms with E-state index in [-0.39, 0.29) is 59.5 Å². The first-order chi connectivity index (χ1) is 10.5. The van der Waals surface area contributed by atoms with Gasteiger partial charge in [0.1, 0.15) is 12.1 Å². The van der Waals surface area contributed by atoms with Gasteiger partial charge < -0.3 is 21.3 Å². The third kappa shape index (κ3) is 5.02. The second kappa shape index (κ2) is 9.64. The summed E-state index contributed by atoms with van der Waals surface area (Å²) in [7, 11) is 0. The summed E-state index contributed by atoms with van der Waals surface area (Å²) in [5, 5.41) is 12.5. The van der Waals surface area contributed by atoms with E-state index in [4.69, 9.17) is 23.2 Å². The van der Waals surface area contributed by atoms with Crippen molar-refractivity contribution < 1.29 is 9.59 Å². The molecule has 3 aliphatic heterocycles. The Morgan fingerprint density at radius 1 is 0.708 bits per heavy atom. The minimum absolute atomic E-state index is 0. The van der Waals surface area contributed by atoms with Gasteiger partial charge in [0.05, 0.1) is 0 Å². The van der Waals surface area contributed by atoms with Gasteiger partial charge in [0.15, 0.2) is 0 Å². The van der Waals surface area contributed by atoms with Crippen molar-refractivity contribution in [3.05, 3.63) is 0 Å². The van der Waals surface area contributed by atoms with E-state index < -0.39 is 12.1 Å². The summed E-state index contributed by atoms with van der Waals surface area (Å²) in [6, 6.07) is -1.13. The van der Waals surface area contributed by atoms with Gasteiger partial charge in [0.2, 0.25) is 11.8 Å². The highest BCUT2D eigenvalue weighted by atomic mass is 35.5. The lowest BCUT2D eigenvalue weighted by Crippen LogP contribution is -2.71. The Morgan fingerprint density at radius 3 is 1.38 bits per heavy atom. The van der Waals surface area contributed by atoms with Crippen molar-refractivity contribution in [2.45, 2.75) is 60.6 Å².